The van der Waals surface area contributed by atoms with Gasteiger partial charge in [0.2, 0.25) is 0 Å². The Morgan fingerprint density at radius 2 is 2.05 bits per heavy atom. The molecule has 2 rings (SSSR count). The Morgan fingerprint density at radius 3 is 2.67 bits per heavy atom. The summed E-state index contributed by atoms with van der Waals surface area (Å²) in [6.07, 6.45) is 3.44. The number of methoxy groups -OCH3 is 1. The van der Waals surface area contributed by atoms with E-state index in [-0.39, 0.29) is 11.7 Å². The van der Waals surface area contributed by atoms with Gasteiger partial charge in [-0.3, -0.25) is 4.79 Å². The summed E-state index contributed by atoms with van der Waals surface area (Å²) in [6.45, 7) is 1.44. The number of nitrogens with one attached hydrogen (secondary N) is 1. The first kappa shape index (κ1) is 15.6. The van der Waals surface area contributed by atoms with Gasteiger partial charge in [-0.15, -0.1) is 0 Å². The van der Waals surface area contributed by atoms with E-state index in [2.05, 4.69) is 5.32 Å². The average molecular weight is 293 g/mol. The van der Waals surface area contributed by atoms with Crippen LogP contribution in [-0.4, -0.2) is 29.8 Å². The van der Waals surface area contributed by atoms with Gasteiger partial charge < -0.3 is 20.3 Å². The minimum Gasteiger partial charge on any atom is -0.508 e. The lowest BCUT2D eigenvalue weighted by atomic mass is 9.82. The normalized spacial score (nSPS) is 22.0. The molecule has 0 aliphatic heterocycles. The van der Waals surface area contributed by atoms with Crippen molar-refractivity contribution >= 4 is 5.97 Å². The molecule has 5 heteroatoms. The van der Waals surface area contributed by atoms with Crippen LogP contribution >= 0.6 is 0 Å². The van der Waals surface area contributed by atoms with Gasteiger partial charge in [0, 0.05) is 12.1 Å². The molecule has 1 aliphatic rings. The number of aromatic hydroxyl groups is 1. The molecule has 1 aromatic carbocycles. The molecular weight excluding hydrogens is 270 g/mol. The van der Waals surface area contributed by atoms with Crippen molar-refractivity contribution in [2.75, 3.05) is 13.7 Å². The zero-order chi connectivity index (χ0) is 15.2. The number of rotatable bonds is 6. The van der Waals surface area contributed by atoms with E-state index >= 15 is 0 Å². The molecule has 1 aliphatic carbocycles. The van der Waals surface area contributed by atoms with E-state index in [1.807, 2.05) is 6.07 Å². The molecule has 116 valence electrons. The molecule has 0 atom stereocenters. The maximum absolute atomic E-state index is 10.9. The van der Waals surface area contributed by atoms with E-state index in [0.717, 1.165) is 43.5 Å². The van der Waals surface area contributed by atoms with Crippen LogP contribution in [0.4, 0.5) is 0 Å². The van der Waals surface area contributed by atoms with E-state index in [4.69, 9.17) is 9.84 Å². The Kier molecular flexibility index (Phi) is 5.44. The van der Waals surface area contributed by atoms with Crippen molar-refractivity contribution < 1.29 is 19.7 Å². The van der Waals surface area contributed by atoms with Crippen LogP contribution in [0.15, 0.2) is 18.2 Å². The number of carbonyl (C=O) groups is 1. The molecule has 0 heterocycles. The van der Waals surface area contributed by atoms with Crippen LogP contribution in [0.5, 0.6) is 11.5 Å². The highest BCUT2D eigenvalue weighted by Gasteiger charge is 2.25. The lowest BCUT2D eigenvalue weighted by Crippen LogP contribution is -2.28. The number of carboxylic acid groups (broad SMARTS) is 1. The van der Waals surface area contributed by atoms with Gasteiger partial charge in [-0.05, 0) is 56.3 Å². The van der Waals surface area contributed by atoms with E-state index in [0.29, 0.717) is 12.5 Å². The molecule has 1 aromatic rings. The van der Waals surface area contributed by atoms with Crippen molar-refractivity contribution in [1.29, 1.82) is 0 Å². The first-order valence-corrected chi connectivity index (χ1v) is 7.39. The zero-order valence-corrected chi connectivity index (χ0v) is 12.3. The Bertz CT molecular complexity index is 481. The van der Waals surface area contributed by atoms with Gasteiger partial charge >= 0.3 is 5.97 Å². The van der Waals surface area contributed by atoms with Gasteiger partial charge in [0.15, 0.2) is 0 Å². The van der Waals surface area contributed by atoms with Crippen molar-refractivity contribution in [3.63, 3.8) is 0 Å². The third kappa shape index (κ3) is 4.36. The first-order valence-electron chi connectivity index (χ1n) is 7.39. The topological polar surface area (TPSA) is 78.8 Å². The van der Waals surface area contributed by atoms with E-state index in [9.17, 15) is 9.90 Å². The van der Waals surface area contributed by atoms with Crippen LogP contribution in [0.25, 0.3) is 0 Å². The van der Waals surface area contributed by atoms with Gasteiger partial charge in [-0.2, -0.15) is 0 Å². The lowest BCUT2D eigenvalue weighted by Gasteiger charge is -2.26. The third-order valence-electron chi connectivity index (χ3n) is 4.23. The van der Waals surface area contributed by atoms with Crippen LogP contribution < -0.4 is 10.1 Å². The van der Waals surface area contributed by atoms with E-state index in [1.165, 1.54) is 0 Å². The predicted molar refractivity (Wildman–Crippen MR) is 79.4 cm³/mol. The Morgan fingerprint density at radius 1 is 1.33 bits per heavy atom. The number of ether oxygens (including phenoxy) is 1. The second-order valence-electron chi connectivity index (χ2n) is 5.68. The van der Waals surface area contributed by atoms with Crippen LogP contribution in [0.2, 0.25) is 0 Å². The fraction of sp³-hybridized carbons (Fsp3) is 0.562. The van der Waals surface area contributed by atoms with Crippen molar-refractivity contribution in [2.24, 2.45) is 11.8 Å². The molecule has 5 nitrogen and oxygen atoms in total. The summed E-state index contributed by atoms with van der Waals surface area (Å²) in [4.78, 5) is 10.9. The lowest BCUT2D eigenvalue weighted by molar-refractivity contribution is -0.143. The maximum Gasteiger partial charge on any atom is 0.306 e. The summed E-state index contributed by atoms with van der Waals surface area (Å²) < 4.78 is 5.15. The van der Waals surface area contributed by atoms with Gasteiger partial charge in [-0.25, -0.2) is 0 Å². The molecule has 0 amide bonds. The highest BCUT2D eigenvalue weighted by molar-refractivity contribution is 5.69. The van der Waals surface area contributed by atoms with E-state index < -0.39 is 5.97 Å². The summed E-state index contributed by atoms with van der Waals surface area (Å²) in [5.41, 5.74) is 0.813. The van der Waals surface area contributed by atoms with Crippen molar-refractivity contribution in [1.82, 2.24) is 5.32 Å². The van der Waals surface area contributed by atoms with Crippen molar-refractivity contribution in [3.05, 3.63) is 23.8 Å². The van der Waals surface area contributed by atoms with Crippen LogP contribution in [0, 0.1) is 11.8 Å². The van der Waals surface area contributed by atoms with E-state index in [1.54, 1.807) is 19.2 Å². The number of phenols is 1. The minimum atomic E-state index is -0.664. The fourth-order valence-corrected chi connectivity index (χ4v) is 2.85. The van der Waals surface area contributed by atoms with Gasteiger partial charge in [0.05, 0.1) is 13.0 Å². The standard InChI is InChI=1S/C16H23NO4/c1-21-14-6-7-15(18)13(8-14)10-17-9-11-2-4-12(5-3-11)16(19)20/h6-8,11-12,17-18H,2-5,9-10H2,1H3,(H,19,20). The smallest absolute Gasteiger partial charge is 0.306 e. The first-order chi connectivity index (χ1) is 10.1. The summed E-state index contributed by atoms with van der Waals surface area (Å²) >= 11 is 0. The number of carboxylic acids is 1. The molecule has 0 unspecified atom stereocenters. The van der Waals surface area contributed by atoms with Crippen molar-refractivity contribution in [3.8, 4) is 11.5 Å². The monoisotopic (exact) mass is 293 g/mol. The quantitative estimate of drug-likeness (QED) is 0.750. The highest BCUT2D eigenvalue weighted by Crippen LogP contribution is 2.29. The molecule has 1 saturated carbocycles. The maximum atomic E-state index is 10.9. The summed E-state index contributed by atoms with van der Waals surface area (Å²) in [5, 5.41) is 22.1. The van der Waals surface area contributed by atoms with Gasteiger partial charge in [0.1, 0.15) is 11.5 Å². The number of hydrogen-bond acceptors (Lipinski definition) is 4. The predicted octanol–water partition coefficient (Wildman–Crippen LogP) is 2.38. The third-order valence-corrected chi connectivity index (χ3v) is 4.23. The molecule has 0 bridgehead atoms. The number of benzene rings is 1. The van der Waals surface area contributed by atoms with Gasteiger partial charge in [-0.1, -0.05) is 0 Å². The molecule has 21 heavy (non-hydrogen) atoms. The molecular formula is C16H23NO4. The number of phenolic OH excluding ortho intramolecular Hbond substituents is 1. The minimum absolute atomic E-state index is 0.163. The molecule has 0 radical (unpaired) electrons. The zero-order valence-electron chi connectivity index (χ0n) is 12.3. The average Bonchev–Trinajstić information content (AvgIpc) is 2.49. The van der Waals surface area contributed by atoms with Crippen LogP contribution in [0.3, 0.4) is 0 Å². The van der Waals surface area contributed by atoms with Crippen molar-refractivity contribution in [2.45, 2.75) is 32.2 Å². The molecule has 0 aromatic heterocycles. The molecule has 0 spiro atoms. The Labute approximate surface area is 124 Å². The van der Waals surface area contributed by atoms with Gasteiger partial charge in [0.25, 0.3) is 0 Å². The largest absolute Gasteiger partial charge is 0.508 e. The second-order valence-corrected chi connectivity index (χ2v) is 5.68. The second kappa shape index (κ2) is 7.31. The number of aliphatic carboxylic acids is 1. The molecule has 3 N–H and O–H groups in total. The van der Waals surface area contributed by atoms with Crippen LogP contribution in [-0.2, 0) is 11.3 Å². The number of hydrogen-bond donors (Lipinski definition) is 3. The fourth-order valence-electron chi connectivity index (χ4n) is 2.85. The van der Waals surface area contributed by atoms with Crippen LogP contribution in [0.1, 0.15) is 31.2 Å². The highest BCUT2D eigenvalue weighted by atomic mass is 16.5. The Hall–Kier alpha value is -1.75. The Balaban J connectivity index is 1.76. The molecule has 1 fully saturated rings. The summed E-state index contributed by atoms with van der Waals surface area (Å²) in [6, 6.07) is 5.18. The molecule has 0 saturated heterocycles. The summed E-state index contributed by atoms with van der Waals surface area (Å²) in [5.74, 6) is 0.684. The summed E-state index contributed by atoms with van der Waals surface area (Å²) in [7, 11) is 1.60. The SMILES string of the molecule is COc1ccc(O)c(CNCC2CCC(C(=O)O)CC2)c1.